The molecule has 0 N–H and O–H groups in total. The SMILES string of the molecule is Cc1ccc(S(=O)(=O)N2CC=C(c3c(C)n(Cc4c(F)cccc4Cl)c4ccccc34)CC2)c(C)c1. The first-order valence-corrected chi connectivity index (χ1v) is 13.8. The van der Waals surface area contributed by atoms with Gasteiger partial charge in [0, 0.05) is 45.8 Å². The third-order valence-corrected chi connectivity index (χ3v) is 9.43. The highest BCUT2D eigenvalue weighted by atomic mass is 35.5. The lowest BCUT2D eigenvalue weighted by atomic mass is 9.97. The summed E-state index contributed by atoms with van der Waals surface area (Å²) in [4.78, 5) is 0.361. The van der Waals surface area contributed by atoms with Crippen LogP contribution in [0, 0.1) is 26.6 Å². The Morgan fingerprint density at radius 2 is 1.78 bits per heavy atom. The topological polar surface area (TPSA) is 42.3 Å². The molecular formula is C29H28ClFN2O2S. The van der Waals surface area contributed by atoms with Crippen molar-refractivity contribution in [3.63, 3.8) is 0 Å². The van der Waals surface area contributed by atoms with E-state index >= 15 is 0 Å². The number of hydrogen-bond donors (Lipinski definition) is 0. The highest BCUT2D eigenvalue weighted by Crippen LogP contribution is 2.36. The van der Waals surface area contributed by atoms with Crippen LogP contribution >= 0.6 is 11.6 Å². The van der Waals surface area contributed by atoms with E-state index in [2.05, 4.69) is 10.6 Å². The molecule has 1 aromatic heterocycles. The molecule has 0 unspecified atom stereocenters. The molecule has 1 aliphatic heterocycles. The van der Waals surface area contributed by atoms with E-state index in [4.69, 9.17) is 11.6 Å². The first kappa shape index (κ1) is 24.8. The largest absolute Gasteiger partial charge is 0.340 e. The molecule has 2 heterocycles. The molecule has 0 atom stereocenters. The number of hydrogen-bond acceptors (Lipinski definition) is 2. The maximum absolute atomic E-state index is 14.6. The van der Waals surface area contributed by atoms with Gasteiger partial charge in [-0.1, -0.05) is 59.6 Å². The van der Waals surface area contributed by atoms with E-state index in [0.717, 1.165) is 38.9 Å². The quantitative estimate of drug-likeness (QED) is 0.286. The first-order chi connectivity index (χ1) is 17.2. The van der Waals surface area contributed by atoms with Crippen molar-refractivity contribution < 1.29 is 12.8 Å². The Bertz CT molecular complexity index is 1600. The number of rotatable bonds is 5. The molecule has 1 aliphatic rings. The van der Waals surface area contributed by atoms with Gasteiger partial charge in [0.05, 0.1) is 11.4 Å². The molecule has 4 nitrogen and oxygen atoms in total. The van der Waals surface area contributed by atoms with E-state index in [9.17, 15) is 12.8 Å². The second kappa shape index (κ2) is 9.51. The fourth-order valence-electron chi connectivity index (χ4n) is 5.21. The van der Waals surface area contributed by atoms with Gasteiger partial charge in [0.25, 0.3) is 0 Å². The summed E-state index contributed by atoms with van der Waals surface area (Å²) in [5, 5.41) is 1.47. The van der Waals surface area contributed by atoms with Crippen molar-refractivity contribution in [3.05, 3.63) is 106 Å². The normalized spacial score (nSPS) is 14.9. The molecule has 0 saturated carbocycles. The number of sulfonamides is 1. The average Bonchev–Trinajstić information content (AvgIpc) is 3.12. The molecule has 0 fully saturated rings. The van der Waals surface area contributed by atoms with Gasteiger partial charge < -0.3 is 4.57 Å². The van der Waals surface area contributed by atoms with E-state index in [-0.39, 0.29) is 5.82 Å². The Morgan fingerprint density at radius 1 is 1.00 bits per heavy atom. The second-order valence-corrected chi connectivity index (χ2v) is 11.7. The van der Waals surface area contributed by atoms with Crippen LogP contribution < -0.4 is 0 Å². The minimum atomic E-state index is -3.59. The monoisotopic (exact) mass is 522 g/mol. The zero-order valence-electron chi connectivity index (χ0n) is 20.6. The van der Waals surface area contributed by atoms with Crippen molar-refractivity contribution >= 4 is 38.1 Å². The third kappa shape index (κ3) is 4.27. The second-order valence-electron chi connectivity index (χ2n) is 9.38. The van der Waals surface area contributed by atoms with Gasteiger partial charge in [-0.25, -0.2) is 12.8 Å². The summed E-state index contributed by atoms with van der Waals surface area (Å²) in [7, 11) is -3.59. The molecule has 0 bridgehead atoms. The van der Waals surface area contributed by atoms with Gasteiger partial charge in [0.15, 0.2) is 0 Å². The number of halogens is 2. The number of para-hydroxylation sites is 1. The van der Waals surface area contributed by atoms with Crippen molar-refractivity contribution in [2.75, 3.05) is 13.1 Å². The number of aryl methyl sites for hydroxylation is 2. The Morgan fingerprint density at radius 3 is 2.47 bits per heavy atom. The predicted octanol–water partition coefficient (Wildman–Crippen LogP) is 6.89. The Balaban J connectivity index is 1.51. The summed E-state index contributed by atoms with van der Waals surface area (Å²) in [5.41, 5.74) is 6.45. The van der Waals surface area contributed by atoms with Crippen LogP contribution in [0.5, 0.6) is 0 Å². The number of nitrogens with zero attached hydrogens (tertiary/aromatic N) is 2. The minimum Gasteiger partial charge on any atom is -0.340 e. The van der Waals surface area contributed by atoms with Crippen LogP contribution in [-0.4, -0.2) is 30.4 Å². The molecule has 0 aliphatic carbocycles. The van der Waals surface area contributed by atoms with E-state index in [1.165, 1.54) is 6.07 Å². The summed E-state index contributed by atoms with van der Waals surface area (Å²) in [5.74, 6) is -0.328. The number of fused-ring (bicyclic) bond motifs is 1. The van der Waals surface area contributed by atoms with Crippen LogP contribution in [0.1, 0.15) is 34.4 Å². The standard InChI is InChI=1S/C29H28ClFN2O2S/c1-19-11-12-28(20(2)17-19)36(34,35)32-15-13-22(14-16-32)29-21(3)33(27-10-5-4-7-23(27)29)18-24-25(30)8-6-9-26(24)31/h4-13,17H,14-16,18H2,1-3H3. The zero-order valence-corrected chi connectivity index (χ0v) is 22.1. The van der Waals surface area contributed by atoms with Crippen LogP contribution in [0.4, 0.5) is 4.39 Å². The van der Waals surface area contributed by atoms with Crippen LogP contribution in [-0.2, 0) is 16.6 Å². The summed E-state index contributed by atoms with van der Waals surface area (Å²) in [6.45, 7) is 6.86. The fraction of sp³-hybridized carbons (Fsp3) is 0.241. The van der Waals surface area contributed by atoms with Crippen LogP contribution in [0.3, 0.4) is 0 Å². The van der Waals surface area contributed by atoms with Crippen molar-refractivity contribution in [2.24, 2.45) is 0 Å². The van der Waals surface area contributed by atoms with Gasteiger partial charge in [-0.2, -0.15) is 4.31 Å². The van der Waals surface area contributed by atoms with Crippen LogP contribution in [0.25, 0.3) is 16.5 Å². The zero-order chi connectivity index (χ0) is 25.6. The Hall–Kier alpha value is -2.93. The van der Waals surface area contributed by atoms with Crippen molar-refractivity contribution in [3.8, 4) is 0 Å². The van der Waals surface area contributed by atoms with E-state index in [1.54, 1.807) is 22.5 Å². The molecule has 0 spiro atoms. The van der Waals surface area contributed by atoms with Crippen LogP contribution in [0.2, 0.25) is 5.02 Å². The Kier molecular flexibility index (Phi) is 6.54. The summed E-state index contributed by atoms with van der Waals surface area (Å²) < 4.78 is 45.0. The van der Waals surface area contributed by atoms with E-state index in [0.29, 0.717) is 41.5 Å². The lowest BCUT2D eigenvalue weighted by molar-refractivity contribution is 0.441. The van der Waals surface area contributed by atoms with Gasteiger partial charge in [-0.3, -0.25) is 0 Å². The molecule has 5 rings (SSSR count). The molecule has 7 heteroatoms. The smallest absolute Gasteiger partial charge is 0.243 e. The van der Waals surface area contributed by atoms with Gasteiger partial charge >= 0.3 is 0 Å². The molecule has 0 radical (unpaired) electrons. The maximum atomic E-state index is 14.6. The molecule has 0 amide bonds. The van der Waals surface area contributed by atoms with Gasteiger partial charge in [-0.15, -0.1) is 0 Å². The van der Waals surface area contributed by atoms with Crippen molar-refractivity contribution in [1.82, 2.24) is 8.87 Å². The van der Waals surface area contributed by atoms with Crippen molar-refractivity contribution in [1.29, 1.82) is 0 Å². The van der Waals surface area contributed by atoms with Gasteiger partial charge in [0.2, 0.25) is 10.0 Å². The molecule has 0 saturated heterocycles. The average molecular weight is 523 g/mol. The van der Waals surface area contributed by atoms with Gasteiger partial charge in [-0.05, 0) is 62.6 Å². The highest BCUT2D eigenvalue weighted by Gasteiger charge is 2.29. The third-order valence-electron chi connectivity index (χ3n) is 7.05. The lowest BCUT2D eigenvalue weighted by Crippen LogP contribution is -2.35. The maximum Gasteiger partial charge on any atom is 0.243 e. The van der Waals surface area contributed by atoms with Gasteiger partial charge in [0.1, 0.15) is 5.82 Å². The lowest BCUT2D eigenvalue weighted by Gasteiger charge is -2.27. The van der Waals surface area contributed by atoms with Crippen molar-refractivity contribution in [2.45, 2.75) is 38.6 Å². The first-order valence-electron chi connectivity index (χ1n) is 12.0. The Labute approximate surface area is 216 Å². The summed E-state index contributed by atoms with van der Waals surface area (Å²) in [6.07, 6.45) is 2.61. The molecule has 36 heavy (non-hydrogen) atoms. The molecule has 186 valence electrons. The van der Waals surface area contributed by atoms with Crippen LogP contribution in [0.15, 0.2) is 71.6 Å². The predicted molar refractivity (Wildman–Crippen MR) is 144 cm³/mol. The van der Waals surface area contributed by atoms with E-state index < -0.39 is 10.0 Å². The fourth-order valence-corrected chi connectivity index (χ4v) is 7.01. The number of aromatic nitrogens is 1. The molecule has 3 aromatic carbocycles. The minimum absolute atomic E-state index is 0.309. The molecular weight excluding hydrogens is 495 g/mol. The number of benzene rings is 3. The summed E-state index contributed by atoms with van der Waals surface area (Å²) >= 11 is 6.34. The summed E-state index contributed by atoms with van der Waals surface area (Å²) in [6, 6.07) is 18.2. The highest BCUT2D eigenvalue weighted by molar-refractivity contribution is 7.89. The molecule has 4 aromatic rings. The van der Waals surface area contributed by atoms with E-state index in [1.807, 2.05) is 57.2 Å².